The Kier molecular flexibility index (Phi) is 7.48. The third-order valence-electron chi connectivity index (χ3n) is 5.15. The molecule has 1 heterocycles. The van der Waals surface area contributed by atoms with E-state index in [9.17, 15) is 19.7 Å². The molecule has 1 N–H and O–H groups in total. The van der Waals surface area contributed by atoms with Crippen LogP contribution in [0.25, 0.3) is 6.08 Å². The highest BCUT2D eigenvalue weighted by Crippen LogP contribution is 2.30. The maximum atomic E-state index is 12.2. The molecule has 0 aromatic heterocycles. The predicted octanol–water partition coefficient (Wildman–Crippen LogP) is 4.20. The van der Waals surface area contributed by atoms with Crippen molar-refractivity contribution in [3.63, 3.8) is 0 Å². The lowest BCUT2D eigenvalue weighted by Gasteiger charge is -2.37. The summed E-state index contributed by atoms with van der Waals surface area (Å²) in [6.45, 7) is 6.48. The maximum absolute atomic E-state index is 12.2. The molecule has 0 aliphatic carbocycles. The quantitative estimate of drug-likeness (QED) is 0.399. The number of hydrogen-bond donors (Lipinski definition) is 1. The first-order valence-electron chi connectivity index (χ1n) is 10.3. The zero-order valence-electron chi connectivity index (χ0n) is 18.0. The standard InChI is InChI=1S/C23H25ClN4O4/c1-16(2)23(30)27-12-10-26(11-13-27)21-8-7-18(15-20(21)24)25-22(29)9-6-17-4-3-5-19(14-17)28(31)32/h3-9,14-16H,10-13H2,1-2H3,(H,25,29)/b9-6+. The van der Waals surface area contributed by atoms with Crippen LogP contribution >= 0.6 is 11.6 Å². The number of nitro benzene ring substituents is 1. The molecule has 0 spiro atoms. The van der Waals surface area contributed by atoms with Gasteiger partial charge in [0.2, 0.25) is 11.8 Å². The number of amides is 2. The summed E-state index contributed by atoms with van der Waals surface area (Å²) in [7, 11) is 0. The summed E-state index contributed by atoms with van der Waals surface area (Å²) in [5, 5.41) is 14.1. The largest absolute Gasteiger partial charge is 0.367 e. The molecular formula is C23H25ClN4O4. The Morgan fingerprint density at radius 2 is 1.84 bits per heavy atom. The molecular weight excluding hydrogens is 432 g/mol. The van der Waals surface area contributed by atoms with Crippen LogP contribution in [0.3, 0.4) is 0 Å². The Balaban J connectivity index is 1.59. The van der Waals surface area contributed by atoms with E-state index in [1.165, 1.54) is 24.3 Å². The van der Waals surface area contributed by atoms with Gasteiger partial charge in [-0.3, -0.25) is 19.7 Å². The molecule has 2 amide bonds. The Morgan fingerprint density at radius 1 is 1.12 bits per heavy atom. The molecule has 3 rings (SSSR count). The lowest BCUT2D eigenvalue weighted by atomic mass is 10.1. The molecule has 9 heteroatoms. The monoisotopic (exact) mass is 456 g/mol. The van der Waals surface area contributed by atoms with E-state index < -0.39 is 4.92 Å². The molecule has 2 aromatic carbocycles. The maximum Gasteiger partial charge on any atom is 0.270 e. The van der Waals surface area contributed by atoms with Crippen LogP contribution in [0.15, 0.2) is 48.5 Å². The van der Waals surface area contributed by atoms with Crippen molar-refractivity contribution in [1.29, 1.82) is 0 Å². The fourth-order valence-electron chi connectivity index (χ4n) is 3.47. The van der Waals surface area contributed by atoms with Crippen molar-refractivity contribution in [2.45, 2.75) is 13.8 Å². The molecule has 1 aliphatic rings. The van der Waals surface area contributed by atoms with Gasteiger partial charge in [0, 0.05) is 56.0 Å². The second-order valence-electron chi connectivity index (χ2n) is 7.81. The van der Waals surface area contributed by atoms with Crippen LogP contribution in [0.1, 0.15) is 19.4 Å². The topological polar surface area (TPSA) is 95.8 Å². The van der Waals surface area contributed by atoms with E-state index >= 15 is 0 Å². The average molecular weight is 457 g/mol. The number of nitrogens with zero attached hydrogens (tertiary/aromatic N) is 3. The fraction of sp³-hybridized carbons (Fsp3) is 0.304. The van der Waals surface area contributed by atoms with Gasteiger partial charge in [0.1, 0.15) is 0 Å². The van der Waals surface area contributed by atoms with Crippen LogP contribution in [-0.2, 0) is 9.59 Å². The van der Waals surface area contributed by atoms with Gasteiger partial charge >= 0.3 is 0 Å². The molecule has 0 atom stereocenters. The number of hydrogen-bond acceptors (Lipinski definition) is 5. The molecule has 32 heavy (non-hydrogen) atoms. The van der Waals surface area contributed by atoms with Gasteiger partial charge in [-0.2, -0.15) is 0 Å². The number of nitrogens with one attached hydrogen (secondary N) is 1. The summed E-state index contributed by atoms with van der Waals surface area (Å²) < 4.78 is 0. The first-order valence-corrected chi connectivity index (χ1v) is 10.7. The van der Waals surface area contributed by atoms with Gasteiger partial charge in [0.25, 0.3) is 5.69 Å². The number of piperazine rings is 1. The smallest absolute Gasteiger partial charge is 0.270 e. The van der Waals surface area contributed by atoms with Gasteiger partial charge in [0.05, 0.1) is 15.6 Å². The normalized spacial score (nSPS) is 14.1. The minimum Gasteiger partial charge on any atom is -0.367 e. The highest BCUT2D eigenvalue weighted by Gasteiger charge is 2.24. The summed E-state index contributed by atoms with van der Waals surface area (Å²) in [6, 6.07) is 11.3. The minimum atomic E-state index is -0.483. The summed E-state index contributed by atoms with van der Waals surface area (Å²) in [4.78, 5) is 38.7. The number of nitro groups is 1. The molecule has 2 aromatic rings. The molecule has 0 saturated carbocycles. The van der Waals surface area contributed by atoms with Crippen molar-refractivity contribution < 1.29 is 14.5 Å². The van der Waals surface area contributed by atoms with E-state index in [2.05, 4.69) is 10.2 Å². The van der Waals surface area contributed by atoms with Gasteiger partial charge < -0.3 is 15.1 Å². The number of benzene rings is 2. The molecule has 0 unspecified atom stereocenters. The zero-order chi connectivity index (χ0) is 23.3. The molecule has 1 fully saturated rings. The van der Waals surface area contributed by atoms with Gasteiger partial charge in [0.15, 0.2) is 0 Å². The van der Waals surface area contributed by atoms with Crippen LogP contribution in [0.2, 0.25) is 5.02 Å². The SMILES string of the molecule is CC(C)C(=O)N1CCN(c2ccc(NC(=O)/C=C/c3cccc([N+](=O)[O-])c3)cc2Cl)CC1. The second-order valence-corrected chi connectivity index (χ2v) is 8.22. The van der Waals surface area contributed by atoms with Crippen LogP contribution in [0, 0.1) is 16.0 Å². The van der Waals surface area contributed by atoms with Gasteiger partial charge in [-0.05, 0) is 29.8 Å². The van der Waals surface area contributed by atoms with Crippen molar-refractivity contribution in [1.82, 2.24) is 4.90 Å². The van der Waals surface area contributed by atoms with E-state index in [0.717, 1.165) is 5.69 Å². The predicted molar refractivity (Wildman–Crippen MR) is 126 cm³/mol. The lowest BCUT2D eigenvalue weighted by molar-refractivity contribution is -0.384. The molecule has 1 saturated heterocycles. The Morgan fingerprint density at radius 3 is 2.47 bits per heavy atom. The van der Waals surface area contributed by atoms with Crippen LogP contribution in [0.4, 0.5) is 17.1 Å². The molecule has 1 aliphatic heterocycles. The molecule has 0 bridgehead atoms. The van der Waals surface area contributed by atoms with Crippen LogP contribution in [0.5, 0.6) is 0 Å². The third kappa shape index (κ3) is 5.85. The third-order valence-corrected chi connectivity index (χ3v) is 5.45. The average Bonchev–Trinajstić information content (AvgIpc) is 2.77. The summed E-state index contributed by atoms with van der Waals surface area (Å²) in [5.74, 6) is -0.229. The molecule has 8 nitrogen and oxygen atoms in total. The number of anilines is 2. The Bertz CT molecular complexity index is 1050. The van der Waals surface area contributed by atoms with Gasteiger partial charge in [-0.1, -0.05) is 37.6 Å². The van der Waals surface area contributed by atoms with Crippen molar-refractivity contribution >= 4 is 46.6 Å². The number of rotatable bonds is 6. The second kappa shape index (κ2) is 10.3. The number of carbonyl (C=O) groups excluding carboxylic acids is 2. The lowest BCUT2D eigenvalue weighted by Crippen LogP contribution is -2.50. The summed E-state index contributed by atoms with van der Waals surface area (Å²) in [6.07, 6.45) is 2.82. The summed E-state index contributed by atoms with van der Waals surface area (Å²) >= 11 is 6.46. The van der Waals surface area contributed by atoms with Gasteiger partial charge in [-0.25, -0.2) is 0 Å². The number of carbonyl (C=O) groups is 2. The highest BCUT2D eigenvalue weighted by molar-refractivity contribution is 6.33. The van der Waals surface area contributed by atoms with Crippen molar-refractivity contribution in [2.24, 2.45) is 5.92 Å². The van der Waals surface area contributed by atoms with E-state index in [4.69, 9.17) is 11.6 Å². The van der Waals surface area contributed by atoms with E-state index in [0.29, 0.717) is 42.5 Å². The molecule has 0 radical (unpaired) electrons. The zero-order valence-corrected chi connectivity index (χ0v) is 18.7. The first kappa shape index (κ1) is 23.3. The Hall–Kier alpha value is -3.39. The summed E-state index contributed by atoms with van der Waals surface area (Å²) in [5.41, 5.74) is 1.91. The van der Waals surface area contributed by atoms with E-state index in [1.807, 2.05) is 24.8 Å². The number of halogens is 1. The van der Waals surface area contributed by atoms with E-state index in [-0.39, 0.29) is 23.4 Å². The van der Waals surface area contributed by atoms with Gasteiger partial charge in [-0.15, -0.1) is 0 Å². The number of non-ortho nitro benzene ring substituents is 1. The van der Waals surface area contributed by atoms with Crippen LogP contribution in [-0.4, -0.2) is 47.8 Å². The van der Waals surface area contributed by atoms with Crippen molar-refractivity contribution in [3.05, 3.63) is 69.2 Å². The highest BCUT2D eigenvalue weighted by atomic mass is 35.5. The fourth-order valence-corrected chi connectivity index (χ4v) is 3.77. The Labute approximate surface area is 191 Å². The van der Waals surface area contributed by atoms with E-state index in [1.54, 1.807) is 24.3 Å². The van der Waals surface area contributed by atoms with Crippen LogP contribution < -0.4 is 10.2 Å². The van der Waals surface area contributed by atoms with Crippen molar-refractivity contribution in [3.8, 4) is 0 Å². The first-order chi connectivity index (χ1) is 15.2. The minimum absolute atomic E-state index is 0.0147. The van der Waals surface area contributed by atoms with Crippen molar-refractivity contribution in [2.75, 3.05) is 36.4 Å². The molecule has 168 valence electrons.